The van der Waals surface area contributed by atoms with Gasteiger partial charge in [0.25, 0.3) is 5.91 Å². The number of halogens is 1. The Morgan fingerprint density at radius 3 is 2.33 bits per heavy atom. The lowest BCUT2D eigenvalue weighted by molar-refractivity contribution is -0.127. The van der Waals surface area contributed by atoms with Crippen molar-refractivity contribution in [1.82, 2.24) is 5.32 Å². The van der Waals surface area contributed by atoms with Crippen molar-refractivity contribution in [3.63, 3.8) is 0 Å². The fourth-order valence-electron chi connectivity index (χ4n) is 3.67. The SMILES string of the molecule is Cc1cc(O[C@@H](C)C(=O)N[C@@H](C)c2ccc3c(c2)CCCC3)cc(C)c1Cl. The molecule has 1 amide bonds. The zero-order valence-corrected chi connectivity index (χ0v) is 17.3. The van der Waals surface area contributed by atoms with E-state index >= 15 is 0 Å². The number of carbonyl (C=O) groups is 1. The first-order valence-corrected chi connectivity index (χ1v) is 10.1. The van der Waals surface area contributed by atoms with E-state index in [0.717, 1.165) is 28.1 Å². The standard InChI is InChI=1S/C23H28ClNO2/c1-14-11-21(12-15(2)22(14)24)27-17(4)23(26)25-16(3)19-10-9-18-7-5-6-8-20(18)13-19/h9-13,16-17H,5-8H2,1-4H3,(H,25,26)/t16-,17-/m0/s1. The van der Waals surface area contributed by atoms with E-state index in [1.54, 1.807) is 6.92 Å². The van der Waals surface area contributed by atoms with Crippen molar-refractivity contribution < 1.29 is 9.53 Å². The monoisotopic (exact) mass is 385 g/mol. The van der Waals surface area contributed by atoms with Crippen molar-refractivity contribution in [3.8, 4) is 5.75 Å². The molecule has 0 heterocycles. The Bertz CT molecular complexity index is 823. The van der Waals surface area contributed by atoms with Gasteiger partial charge in [-0.2, -0.15) is 0 Å². The van der Waals surface area contributed by atoms with Crippen molar-refractivity contribution in [2.75, 3.05) is 0 Å². The molecule has 3 rings (SSSR count). The molecule has 0 aromatic heterocycles. The predicted octanol–water partition coefficient (Wildman–Crippen LogP) is 5.48. The summed E-state index contributed by atoms with van der Waals surface area (Å²) in [5.74, 6) is 0.545. The Labute approximate surface area is 167 Å². The minimum absolute atomic E-state index is 0.0514. The minimum Gasteiger partial charge on any atom is -0.481 e. The van der Waals surface area contributed by atoms with Crippen LogP contribution in [0.2, 0.25) is 5.02 Å². The van der Waals surface area contributed by atoms with E-state index in [1.165, 1.54) is 30.4 Å². The average Bonchev–Trinajstić information content (AvgIpc) is 2.65. The van der Waals surface area contributed by atoms with Crippen LogP contribution in [0, 0.1) is 13.8 Å². The Morgan fingerprint density at radius 2 is 1.67 bits per heavy atom. The zero-order valence-electron chi connectivity index (χ0n) is 16.6. The summed E-state index contributed by atoms with van der Waals surface area (Å²) in [5.41, 5.74) is 5.92. The number of rotatable bonds is 5. The third kappa shape index (κ3) is 4.65. The molecule has 4 heteroatoms. The second-order valence-corrected chi connectivity index (χ2v) is 7.97. The van der Waals surface area contributed by atoms with E-state index in [0.29, 0.717) is 5.75 Å². The van der Waals surface area contributed by atoms with Crippen molar-refractivity contribution in [2.45, 2.75) is 65.5 Å². The number of nitrogens with one attached hydrogen (secondary N) is 1. The molecule has 0 saturated heterocycles. The molecule has 0 unspecified atom stereocenters. The molecule has 0 fully saturated rings. The maximum atomic E-state index is 12.6. The first-order valence-electron chi connectivity index (χ1n) is 9.70. The lowest BCUT2D eigenvalue weighted by atomic mass is 9.89. The van der Waals surface area contributed by atoms with Gasteiger partial charge in [0.2, 0.25) is 0 Å². The van der Waals surface area contributed by atoms with E-state index in [4.69, 9.17) is 16.3 Å². The molecule has 1 aliphatic rings. The summed E-state index contributed by atoms with van der Waals surface area (Å²) in [5, 5.41) is 3.81. The summed E-state index contributed by atoms with van der Waals surface area (Å²) < 4.78 is 5.85. The predicted molar refractivity (Wildman–Crippen MR) is 111 cm³/mol. The first-order chi connectivity index (χ1) is 12.8. The second kappa shape index (κ2) is 8.35. The largest absolute Gasteiger partial charge is 0.481 e. The molecule has 27 heavy (non-hydrogen) atoms. The summed E-state index contributed by atoms with van der Waals surface area (Å²) in [4.78, 5) is 12.6. The number of aryl methyl sites for hydroxylation is 4. The summed E-state index contributed by atoms with van der Waals surface area (Å²) in [6.07, 6.45) is 4.25. The summed E-state index contributed by atoms with van der Waals surface area (Å²) in [6.45, 7) is 7.66. The van der Waals surface area contributed by atoms with Gasteiger partial charge in [-0.3, -0.25) is 4.79 Å². The van der Waals surface area contributed by atoms with Gasteiger partial charge in [-0.1, -0.05) is 29.8 Å². The van der Waals surface area contributed by atoms with Crippen LogP contribution in [0.15, 0.2) is 30.3 Å². The van der Waals surface area contributed by atoms with Crippen LogP contribution in [0.1, 0.15) is 60.5 Å². The molecule has 2 aromatic carbocycles. The molecule has 144 valence electrons. The highest BCUT2D eigenvalue weighted by Crippen LogP contribution is 2.27. The number of ether oxygens (including phenoxy) is 1. The Morgan fingerprint density at radius 1 is 1.04 bits per heavy atom. The highest BCUT2D eigenvalue weighted by atomic mass is 35.5. The Kier molecular flexibility index (Phi) is 6.11. The summed E-state index contributed by atoms with van der Waals surface area (Å²) in [7, 11) is 0. The third-order valence-electron chi connectivity index (χ3n) is 5.32. The highest BCUT2D eigenvalue weighted by Gasteiger charge is 2.19. The van der Waals surface area contributed by atoms with Crippen LogP contribution in [0.3, 0.4) is 0 Å². The average molecular weight is 386 g/mol. The molecule has 0 bridgehead atoms. The van der Waals surface area contributed by atoms with Crippen molar-refractivity contribution in [1.29, 1.82) is 0 Å². The Hall–Kier alpha value is -2.00. The van der Waals surface area contributed by atoms with E-state index in [2.05, 4.69) is 23.5 Å². The van der Waals surface area contributed by atoms with Gasteiger partial charge in [0.1, 0.15) is 5.75 Å². The van der Waals surface area contributed by atoms with Gasteiger partial charge in [-0.25, -0.2) is 0 Å². The van der Waals surface area contributed by atoms with E-state index in [1.807, 2.05) is 32.9 Å². The van der Waals surface area contributed by atoms with Gasteiger partial charge in [0.15, 0.2) is 6.10 Å². The van der Waals surface area contributed by atoms with Crippen LogP contribution in [0.4, 0.5) is 0 Å². The molecule has 0 saturated carbocycles. The van der Waals surface area contributed by atoms with Crippen LogP contribution < -0.4 is 10.1 Å². The quantitative estimate of drug-likeness (QED) is 0.739. The summed E-state index contributed by atoms with van der Waals surface area (Å²) in [6, 6.07) is 10.3. The fraction of sp³-hybridized carbons (Fsp3) is 0.435. The van der Waals surface area contributed by atoms with Crippen LogP contribution >= 0.6 is 11.6 Å². The number of hydrogen-bond donors (Lipinski definition) is 1. The Balaban J connectivity index is 1.64. The van der Waals surface area contributed by atoms with Gasteiger partial charge in [-0.05, 0) is 93.3 Å². The fourth-order valence-corrected chi connectivity index (χ4v) is 3.78. The van der Waals surface area contributed by atoms with E-state index in [-0.39, 0.29) is 11.9 Å². The van der Waals surface area contributed by atoms with Gasteiger partial charge >= 0.3 is 0 Å². The number of benzene rings is 2. The lowest BCUT2D eigenvalue weighted by Gasteiger charge is -2.22. The highest BCUT2D eigenvalue weighted by molar-refractivity contribution is 6.32. The molecule has 3 nitrogen and oxygen atoms in total. The second-order valence-electron chi connectivity index (χ2n) is 7.60. The van der Waals surface area contributed by atoms with Gasteiger partial charge < -0.3 is 10.1 Å². The molecular formula is C23H28ClNO2. The number of fused-ring (bicyclic) bond motifs is 1. The van der Waals surface area contributed by atoms with Crippen LogP contribution in [-0.2, 0) is 17.6 Å². The van der Waals surface area contributed by atoms with Gasteiger partial charge in [-0.15, -0.1) is 0 Å². The molecule has 1 N–H and O–H groups in total. The van der Waals surface area contributed by atoms with E-state index in [9.17, 15) is 4.79 Å². The number of carbonyl (C=O) groups excluding carboxylic acids is 1. The topological polar surface area (TPSA) is 38.3 Å². The smallest absolute Gasteiger partial charge is 0.261 e. The molecule has 0 aliphatic heterocycles. The van der Waals surface area contributed by atoms with Crippen LogP contribution in [0.25, 0.3) is 0 Å². The van der Waals surface area contributed by atoms with Gasteiger partial charge in [0, 0.05) is 5.02 Å². The number of amides is 1. The summed E-state index contributed by atoms with van der Waals surface area (Å²) >= 11 is 6.20. The maximum Gasteiger partial charge on any atom is 0.261 e. The molecule has 2 aromatic rings. The normalized spacial score (nSPS) is 15.6. The van der Waals surface area contributed by atoms with Crippen molar-refractivity contribution >= 4 is 17.5 Å². The molecule has 0 spiro atoms. The minimum atomic E-state index is -0.579. The third-order valence-corrected chi connectivity index (χ3v) is 5.92. The molecule has 1 aliphatic carbocycles. The van der Waals surface area contributed by atoms with Crippen molar-refractivity contribution in [2.24, 2.45) is 0 Å². The van der Waals surface area contributed by atoms with Crippen LogP contribution in [0.5, 0.6) is 5.75 Å². The maximum absolute atomic E-state index is 12.6. The van der Waals surface area contributed by atoms with Gasteiger partial charge in [0.05, 0.1) is 6.04 Å². The van der Waals surface area contributed by atoms with Crippen molar-refractivity contribution in [3.05, 3.63) is 63.2 Å². The number of hydrogen-bond acceptors (Lipinski definition) is 2. The van der Waals surface area contributed by atoms with Crippen LogP contribution in [-0.4, -0.2) is 12.0 Å². The lowest BCUT2D eigenvalue weighted by Crippen LogP contribution is -2.37. The molecule has 0 radical (unpaired) electrons. The first kappa shape index (κ1) is 19.8. The molecular weight excluding hydrogens is 358 g/mol. The zero-order chi connectivity index (χ0) is 19.6. The molecule has 2 atom stereocenters. The van der Waals surface area contributed by atoms with E-state index < -0.39 is 6.10 Å².